The van der Waals surface area contributed by atoms with Crippen molar-refractivity contribution in [2.45, 2.75) is 60.1 Å². The number of ketones is 1. The van der Waals surface area contributed by atoms with Crippen LogP contribution in [0.4, 0.5) is 4.79 Å². The second-order valence-electron chi connectivity index (χ2n) is 5.32. The second-order valence-corrected chi connectivity index (χ2v) is 5.32. The Hall–Kier alpha value is -1.98. The molecule has 6 heteroatoms. The predicted molar refractivity (Wildman–Crippen MR) is 82.8 cm³/mol. The van der Waals surface area contributed by atoms with Crippen LogP contribution in [0.3, 0.4) is 0 Å². The van der Waals surface area contributed by atoms with Crippen molar-refractivity contribution in [1.29, 1.82) is 0 Å². The van der Waals surface area contributed by atoms with E-state index in [4.69, 9.17) is 9.47 Å². The molecule has 0 rings (SSSR count). The highest BCUT2D eigenvalue weighted by Crippen LogP contribution is 2.12. The summed E-state index contributed by atoms with van der Waals surface area (Å²) in [7, 11) is 0. The third-order valence-corrected chi connectivity index (χ3v) is 2.16. The molecule has 0 saturated carbocycles. The van der Waals surface area contributed by atoms with Crippen molar-refractivity contribution in [3.05, 3.63) is 11.8 Å². The van der Waals surface area contributed by atoms with Crippen LogP contribution in [0.2, 0.25) is 0 Å². The molecule has 0 amide bonds. The Morgan fingerprint density at radius 1 is 1.19 bits per heavy atom. The van der Waals surface area contributed by atoms with Gasteiger partial charge in [-0.05, 0) is 54.5 Å². The van der Waals surface area contributed by atoms with Gasteiger partial charge in [-0.3, -0.25) is 9.79 Å². The smallest absolute Gasteiger partial charge is 0.428 e. The van der Waals surface area contributed by atoms with Crippen molar-refractivity contribution in [1.82, 2.24) is 0 Å². The Labute approximate surface area is 125 Å². The molecule has 0 heterocycles. The molecule has 0 bridgehead atoms. The molecule has 1 unspecified atom stereocenters. The Balaban J connectivity index is 4.86. The van der Waals surface area contributed by atoms with Crippen LogP contribution in [-0.4, -0.2) is 35.6 Å². The molecule has 0 radical (unpaired) electrons. The summed E-state index contributed by atoms with van der Waals surface area (Å²) in [6.45, 7) is 11.8. The number of Topliss-reactive ketones (excluding diaryl/α,β-unsaturated/α-hetero) is 1. The normalized spacial score (nSPS) is 15.0. The number of aliphatic imine (C=N–C) groups is 2. The standard InChI is InChI=1S/C15H24N2O4/c1-8-12(20-14(19)21-15(5,6)7)13(18)10(3)17-11(4)16-9-2/h8-10H,1-7H3/b12-8+,16-9?,17-11?. The predicted octanol–water partition coefficient (Wildman–Crippen LogP) is 3.31. The first kappa shape index (κ1) is 19.0. The first-order valence-electron chi connectivity index (χ1n) is 6.75. The Bertz CT molecular complexity index is 471. The topological polar surface area (TPSA) is 77.3 Å². The minimum Gasteiger partial charge on any atom is -0.428 e. The third kappa shape index (κ3) is 8.02. The lowest BCUT2D eigenvalue weighted by Crippen LogP contribution is -2.27. The van der Waals surface area contributed by atoms with E-state index in [0.29, 0.717) is 5.84 Å². The maximum atomic E-state index is 12.2. The van der Waals surface area contributed by atoms with Gasteiger partial charge in [0.25, 0.3) is 0 Å². The molecule has 0 spiro atoms. The van der Waals surface area contributed by atoms with Crippen molar-refractivity contribution in [3.63, 3.8) is 0 Å². The SMILES string of the molecule is CC=NC(C)=NC(C)C(=O)/C(=C\C)OC(=O)OC(C)(C)C. The van der Waals surface area contributed by atoms with E-state index in [1.54, 1.807) is 54.7 Å². The molecular weight excluding hydrogens is 272 g/mol. The third-order valence-electron chi connectivity index (χ3n) is 2.16. The van der Waals surface area contributed by atoms with E-state index in [2.05, 4.69) is 9.98 Å². The molecule has 0 aromatic rings. The van der Waals surface area contributed by atoms with E-state index in [1.165, 1.54) is 6.08 Å². The van der Waals surface area contributed by atoms with Crippen LogP contribution < -0.4 is 0 Å². The fourth-order valence-corrected chi connectivity index (χ4v) is 1.38. The summed E-state index contributed by atoms with van der Waals surface area (Å²) in [4.78, 5) is 31.8. The van der Waals surface area contributed by atoms with Gasteiger partial charge in [-0.15, -0.1) is 0 Å². The lowest BCUT2D eigenvalue weighted by molar-refractivity contribution is -0.119. The Kier molecular flexibility index (Phi) is 7.55. The van der Waals surface area contributed by atoms with Gasteiger partial charge in [0.1, 0.15) is 17.5 Å². The number of hydrogen-bond acceptors (Lipinski definition) is 5. The molecule has 0 aromatic carbocycles. The maximum Gasteiger partial charge on any atom is 0.514 e. The van der Waals surface area contributed by atoms with E-state index >= 15 is 0 Å². The monoisotopic (exact) mass is 296 g/mol. The minimum absolute atomic E-state index is 0.0891. The molecule has 6 nitrogen and oxygen atoms in total. The number of carbonyl (C=O) groups is 2. The van der Waals surface area contributed by atoms with Gasteiger partial charge >= 0.3 is 6.16 Å². The van der Waals surface area contributed by atoms with Gasteiger partial charge < -0.3 is 9.47 Å². The zero-order chi connectivity index (χ0) is 16.6. The molecule has 118 valence electrons. The Morgan fingerprint density at radius 2 is 1.76 bits per heavy atom. The van der Waals surface area contributed by atoms with Crippen LogP contribution in [0.5, 0.6) is 0 Å². The van der Waals surface area contributed by atoms with Crippen molar-refractivity contribution in [3.8, 4) is 0 Å². The lowest BCUT2D eigenvalue weighted by Gasteiger charge is -2.19. The van der Waals surface area contributed by atoms with E-state index in [9.17, 15) is 9.59 Å². The molecule has 1 atom stereocenters. The first-order valence-corrected chi connectivity index (χ1v) is 6.75. The lowest BCUT2D eigenvalue weighted by atomic mass is 10.2. The average Bonchev–Trinajstić information content (AvgIpc) is 2.33. The summed E-state index contributed by atoms with van der Waals surface area (Å²) in [6, 6.07) is -0.692. The van der Waals surface area contributed by atoms with Crippen LogP contribution in [0.1, 0.15) is 48.5 Å². The second kappa shape index (κ2) is 8.34. The largest absolute Gasteiger partial charge is 0.514 e. The van der Waals surface area contributed by atoms with Crippen molar-refractivity contribution >= 4 is 24.0 Å². The van der Waals surface area contributed by atoms with Crippen molar-refractivity contribution in [2.24, 2.45) is 9.98 Å². The van der Waals surface area contributed by atoms with Gasteiger partial charge in [-0.2, -0.15) is 0 Å². The Morgan fingerprint density at radius 3 is 2.19 bits per heavy atom. The minimum atomic E-state index is -0.913. The molecule has 0 saturated heterocycles. The first-order chi connectivity index (χ1) is 9.60. The summed E-state index contributed by atoms with van der Waals surface area (Å²) < 4.78 is 9.95. The van der Waals surface area contributed by atoms with Crippen molar-refractivity contribution < 1.29 is 19.1 Å². The number of ether oxygens (including phenoxy) is 2. The summed E-state index contributed by atoms with van der Waals surface area (Å²) in [5.41, 5.74) is -0.685. The molecular formula is C15H24N2O4. The number of hydrogen-bond donors (Lipinski definition) is 0. The quantitative estimate of drug-likeness (QED) is 0.262. The van der Waals surface area contributed by atoms with Gasteiger partial charge in [-0.25, -0.2) is 9.79 Å². The number of allylic oxidation sites excluding steroid dienone is 1. The zero-order valence-electron chi connectivity index (χ0n) is 13.8. The number of rotatable bonds is 4. The highest BCUT2D eigenvalue weighted by Gasteiger charge is 2.24. The molecule has 0 aliphatic rings. The van der Waals surface area contributed by atoms with E-state index in [0.717, 1.165) is 0 Å². The van der Waals surface area contributed by atoms with Gasteiger partial charge in [0.2, 0.25) is 5.78 Å². The van der Waals surface area contributed by atoms with Gasteiger partial charge in [-0.1, -0.05) is 0 Å². The van der Waals surface area contributed by atoms with Gasteiger partial charge in [0.15, 0.2) is 5.76 Å². The van der Waals surface area contributed by atoms with E-state index in [1.807, 2.05) is 0 Å². The van der Waals surface area contributed by atoms with E-state index in [-0.39, 0.29) is 5.76 Å². The fourth-order valence-electron chi connectivity index (χ4n) is 1.38. The number of nitrogens with zero attached hydrogens (tertiary/aromatic N) is 2. The maximum absolute atomic E-state index is 12.2. The molecule has 21 heavy (non-hydrogen) atoms. The van der Waals surface area contributed by atoms with Crippen LogP contribution in [0.15, 0.2) is 21.8 Å². The van der Waals surface area contributed by atoms with Crippen LogP contribution >= 0.6 is 0 Å². The zero-order valence-corrected chi connectivity index (χ0v) is 13.8. The molecule has 0 N–H and O–H groups in total. The summed E-state index contributed by atoms with van der Waals surface area (Å²) in [6.07, 6.45) is 2.09. The molecule has 0 aromatic heterocycles. The number of carbonyl (C=O) groups excluding carboxylic acids is 2. The van der Waals surface area contributed by atoms with Crippen LogP contribution in [0.25, 0.3) is 0 Å². The summed E-state index contributed by atoms with van der Waals surface area (Å²) >= 11 is 0. The average molecular weight is 296 g/mol. The highest BCUT2D eigenvalue weighted by molar-refractivity contribution is 6.00. The van der Waals surface area contributed by atoms with Gasteiger partial charge in [0, 0.05) is 6.21 Å². The molecule has 0 aliphatic carbocycles. The summed E-state index contributed by atoms with van der Waals surface area (Å²) in [5.74, 6) is -0.0196. The van der Waals surface area contributed by atoms with Crippen molar-refractivity contribution in [2.75, 3.05) is 0 Å². The van der Waals surface area contributed by atoms with Crippen LogP contribution in [-0.2, 0) is 14.3 Å². The van der Waals surface area contributed by atoms with Crippen LogP contribution in [0, 0.1) is 0 Å². The van der Waals surface area contributed by atoms with E-state index < -0.39 is 23.6 Å². The highest BCUT2D eigenvalue weighted by atomic mass is 16.7. The molecule has 0 fully saturated rings. The molecule has 0 aliphatic heterocycles. The number of amidine groups is 1. The summed E-state index contributed by atoms with van der Waals surface area (Å²) in [5, 5.41) is 0. The van der Waals surface area contributed by atoms with Gasteiger partial charge in [0.05, 0.1) is 0 Å². The fraction of sp³-hybridized carbons (Fsp3) is 0.600.